The third-order valence-electron chi connectivity index (χ3n) is 6.67. The summed E-state index contributed by atoms with van der Waals surface area (Å²) in [5, 5.41) is 2.84. The predicted octanol–water partition coefficient (Wildman–Crippen LogP) is 4.49. The molecule has 1 saturated heterocycles. The number of likely N-dealkylation sites (tertiary alicyclic amines) is 1. The van der Waals surface area contributed by atoms with Crippen LogP contribution in [0.3, 0.4) is 0 Å². The summed E-state index contributed by atoms with van der Waals surface area (Å²) in [5.41, 5.74) is 1.82. The second kappa shape index (κ2) is 10.2. The summed E-state index contributed by atoms with van der Waals surface area (Å²) in [6, 6.07) is 5.90. The van der Waals surface area contributed by atoms with Crippen LogP contribution in [0.2, 0.25) is 0 Å². The zero-order valence-electron chi connectivity index (χ0n) is 18.6. The van der Waals surface area contributed by atoms with Crippen LogP contribution in [0.1, 0.15) is 84.8 Å². The molecule has 0 bridgehead atoms. The Morgan fingerprint density at radius 3 is 2.53 bits per heavy atom. The first kappa shape index (κ1) is 22.4. The lowest BCUT2D eigenvalue weighted by Gasteiger charge is -2.35. The molecule has 2 amide bonds. The summed E-state index contributed by atoms with van der Waals surface area (Å²) in [6.45, 7) is 2.84. The molecule has 4 rings (SSSR count). The van der Waals surface area contributed by atoms with Crippen molar-refractivity contribution in [2.45, 2.75) is 70.9 Å². The molecule has 0 unspecified atom stereocenters. The SMILES string of the molecule is Cc1nc([C@@H]2CCCCN2C(=O)CC2CCCC2)ncc1C(=O)NCc1ccc(F)cc1. The average molecular weight is 439 g/mol. The lowest BCUT2D eigenvalue weighted by Crippen LogP contribution is -2.40. The molecule has 32 heavy (non-hydrogen) atoms. The zero-order chi connectivity index (χ0) is 22.5. The molecule has 1 atom stereocenters. The summed E-state index contributed by atoms with van der Waals surface area (Å²) in [7, 11) is 0. The standard InChI is InChI=1S/C25H31FN4O2/c1-17-21(25(32)28-15-19-9-11-20(26)12-10-19)16-27-24(29-17)22-8-4-5-13-30(22)23(31)14-18-6-2-3-7-18/h9-12,16,18,22H,2-8,13-15H2,1H3,(H,28,32)/t22-/m0/s1. The molecule has 7 heteroatoms. The lowest BCUT2D eigenvalue weighted by atomic mass is 9.97. The Labute approximate surface area is 188 Å². The highest BCUT2D eigenvalue weighted by atomic mass is 19.1. The number of amides is 2. The molecule has 1 aliphatic heterocycles. The van der Waals surface area contributed by atoms with E-state index in [1.54, 1.807) is 25.3 Å². The fraction of sp³-hybridized carbons (Fsp3) is 0.520. The largest absolute Gasteiger partial charge is 0.348 e. The van der Waals surface area contributed by atoms with E-state index in [-0.39, 0.29) is 23.7 Å². The van der Waals surface area contributed by atoms with E-state index in [2.05, 4.69) is 15.3 Å². The quantitative estimate of drug-likeness (QED) is 0.721. The number of nitrogens with zero attached hydrogens (tertiary/aromatic N) is 3. The van der Waals surface area contributed by atoms with Crippen molar-refractivity contribution in [2.24, 2.45) is 5.92 Å². The van der Waals surface area contributed by atoms with E-state index in [1.165, 1.54) is 25.0 Å². The fourth-order valence-electron chi connectivity index (χ4n) is 4.83. The van der Waals surface area contributed by atoms with Gasteiger partial charge >= 0.3 is 0 Å². The third-order valence-corrected chi connectivity index (χ3v) is 6.67. The van der Waals surface area contributed by atoms with Gasteiger partial charge in [-0.3, -0.25) is 9.59 Å². The van der Waals surface area contributed by atoms with Crippen LogP contribution in [0.5, 0.6) is 0 Å². The van der Waals surface area contributed by atoms with Gasteiger partial charge in [0.25, 0.3) is 5.91 Å². The summed E-state index contributed by atoms with van der Waals surface area (Å²) < 4.78 is 13.0. The van der Waals surface area contributed by atoms with E-state index in [1.807, 2.05) is 4.90 Å². The highest BCUT2D eigenvalue weighted by molar-refractivity contribution is 5.94. The molecule has 1 N–H and O–H groups in total. The molecule has 1 aromatic heterocycles. The van der Waals surface area contributed by atoms with Crippen LogP contribution in [-0.4, -0.2) is 33.2 Å². The second-order valence-electron chi connectivity index (χ2n) is 8.99. The lowest BCUT2D eigenvalue weighted by molar-refractivity contribution is -0.136. The molecular weight excluding hydrogens is 407 g/mol. The number of piperidine rings is 1. The number of carbonyl (C=O) groups is 2. The van der Waals surface area contributed by atoms with Crippen molar-refractivity contribution in [3.05, 3.63) is 58.9 Å². The Morgan fingerprint density at radius 1 is 1.09 bits per heavy atom. The first-order valence-electron chi connectivity index (χ1n) is 11.7. The molecule has 1 saturated carbocycles. The first-order chi connectivity index (χ1) is 15.5. The fourth-order valence-corrected chi connectivity index (χ4v) is 4.83. The normalized spacial score (nSPS) is 19.2. The molecule has 2 aromatic rings. The Balaban J connectivity index is 1.42. The third kappa shape index (κ3) is 5.31. The minimum atomic E-state index is -0.307. The van der Waals surface area contributed by atoms with Gasteiger partial charge in [-0.1, -0.05) is 25.0 Å². The summed E-state index contributed by atoms with van der Waals surface area (Å²) in [4.78, 5) is 36.7. The van der Waals surface area contributed by atoms with Gasteiger partial charge in [-0.15, -0.1) is 0 Å². The Morgan fingerprint density at radius 2 is 1.81 bits per heavy atom. The minimum absolute atomic E-state index is 0.118. The number of carbonyl (C=O) groups excluding carboxylic acids is 2. The van der Waals surface area contributed by atoms with Gasteiger partial charge in [0, 0.05) is 25.7 Å². The highest BCUT2D eigenvalue weighted by Gasteiger charge is 2.32. The van der Waals surface area contributed by atoms with Crippen LogP contribution in [-0.2, 0) is 11.3 Å². The Bertz CT molecular complexity index is 957. The zero-order valence-corrected chi connectivity index (χ0v) is 18.6. The topological polar surface area (TPSA) is 75.2 Å². The van der Waals surface area contributed by atoms with E-state index in [4.69, 9.17) is 0 Å². The van der Waals surface area contributed by atoms with Gasteiger partial charge in [0.1, 0.15) is 5.82 Å². The summed E-state index contributed by atoms with van der Waals surface area (Å²) >= 11 is 0. The van der Waals surface area contributed by atoms with E-state index in [9.17, 15) is 14.0 Å². The van der Waals surface area contributed by atoms with Crippen molar-refractivity contribution in [3.8, 4) is 0 Å². The van der Waals surface area contributed by atoms with Crippen LogP contribution in [0.15, 0.2) is 30.5 Å². The molecule has 6 nitrogen and oxygen atoms in total. The van der Waals surface area contributed by atoms with Crippen LogP contribution in [0.4, 0.5) is 4.39 Å². The molecule has 0 spiro atoms. The van der Waals surface area contributed by atoms with Crippen molar-refractivity contribution in [3.63, 3.8) is 0 Å². The predicted molar refractivity (Wildman–Crippen MR) is 119 cm³/mol. The maximum absolute atomic E-state index is 13.0. The van der Waals surface area contributed by atoms with Gasteiger partial charge in [-0.2, -0.15) is 0 Å². The first-order valence-corrected chi connectivity index (χ1v) is 11.7. The molecule has 1 aromatic carbocycles. The number of aromatic nitrogens is 2. The van der Waals surface area contributed by atoms with Gasteiger partial charge < -0.3 is 10.2 Å². The van der Waals surface area contributed by atoms with E-state index in [0.29, 0.717) is 36.0 Å². The molecule has 2 aliphatic rings. The van der Waals surface area contributed by atoms with E-state index in [0.717, 1.165) is 44.2 Å². The second-order valence-corrected chi connectivity index (χ2v) is 8.99. The minimum Gasteiger partial charge on any atom is -0.348 e. The maximum Gasteiger partial charge on any atom is 0.254 e. The van der Waals surface area contributed by atoms with Crippen LogP contribution in [0, 0.1) is 18.7 Å². The molecule has 1 aliphatic carbocycles. The van der Waals surface area contributed by atoms with E-state index >= 15 is 0 Å². The Hall–Kier alpha value is -2.83. The van der Waals surface area contributed by atoms with Crippen molar-refractivity contribution in [1.82, 2.24) is 20.2 Å². The van der Waals surface area contributed by atoms with Crippen LogP contribution < -0.4 is 5.32 Å². The van der Waals surface area contributed by atoms with Crippen LogP contribution in [0.25, 0.3) is 0 Å². The van der Waals surface area contributed by atoms with Gasteiger partial charge in [0.15, 0.2) is 5.82 Å². The summed E-state index contributed by atoms with van der Waals surface area (Å²) in [6.07, 6.45) is 9.86. The molecule has 0 radical (unpaired) electrons. The number of benzene rings is 1. The van der Waals surface area contributed by atoms with Gasteiger partial charge in [0.2, 0.25) is 5.91 Å². The molecular formula is C25H31FN4O2. The highest BCUT2D eigenvalue weighted by Crippen LogP contribution is 2.33. The van der Waals surface area contributed by atoms with Crippen LogP contribution >= 0.6 is 0 Å². The smallest absolute Gasteiger partial charge is 0.254 e. The molecule has 2 heterocycles. The maximum atomic E-state index is 13.0. The van der Waals surface area contributed by atoms with Gasteiger partial charge in [-0.05, 0) is 62.6 Å². The van der Waals surface area contributed by atoms with Crippen molar-refractivity contribution in [1.29, 1.82) is 0 Å². The van der Waals surface area contributed by atoms with Gasteiger partial charge in [0.05, 0.1) is 17.3 Å². The van der Waals surface area contributed by atoms with Crippen molar-refractivity contribution >= 4 is 11.8 Å². The number of rotatable bonds is 6. The Kier molecular flexibility index (Phi) is 7.12. The molecule has 2 fully saturated rings. The molecule has 170 valence electrons. The van der Waals surface area contributed by atoms with Crippen molar-refractivity contribution in [2.75, 3.05) is 6.54 Å². The van der Waals surface area contributed by atoms with E-state index < -0.39 is 0 Å². The van der Waals surface area contributed by atoms with Crippen molar-refractivity contribution < 1.29 is 14.0 Å². The number of halogens is 1. The summed E-state index contributed by atoms with van der Waals surface area (Å²) in [5.74, 6) is 0.774. The van der Waals surface area contributed by atoms with Gasteiger partial charge in [-0.25, -0.2) is 14.4 Å². The average Bonchev–Trinajstić information content (AvgIpc) is 3.31. The monoisotopic (exact) mass is 438 g/mol. The number of nitrogens with one attached hydrogen (secondary N) is 1. The number of hydrogen-bond donors (Lipinski definition) is 1. The number of aryl methyl sites for hydroxylation is 1. The number of hydrogen-bond acceptors (Lipinski definition) is 4.